The van der Waals surface area contributed by atoms with Gasteiger partial charge in [-0.1, -0.05) is 0 Å². The van der Waals surface area contributed by atoms with Crippen molar-refractivity contribution in [3.05, 3.63) is 0 Å². The standard InChI is InChI=1S/C6H9F2NO2/c1-5(4(9)10)2-6(7,8)3-11-5/h2-3H2,1H3,(H2,9,10)/t5-/m1/s1. The Bertz CT molecular complexity index is 195. The van der Waals surface area contributed by atoms with Gasteiger partial charge in [0.25, 0.3) is 5.92 Å². The highest BCUT2D eigenvalue weighted by molar-refractivity contribution is 5.83. The van der Waals surface area contributed by atoms with Crippen molar-refractivity contribution in [2.24, 2.45) is 5.73 Å². The third-order valence-electron chi connectivity index (χ3n) is 1.72. The Morgan fingerprint density at radius 1 is 1.64 bits per heavy atom. The number of primary amides is 1. The highest BCUT2D eigenvalue weighted by atomic mass is 19.3. The van der Waals surface area contributed by atoms with Crippen LogP contribution in [-0.2, 0) is 9.53 Å². The minimum atomic E-state index is -2.91. The quantitative estimate of drug-likeness (QED) is 0.607. The molecule has 5 heteroatoms. The number of carbonyl (C=O) groups excluding carboxylic acids is 1. The van der Waals surface area contributed by atoms with Gasteiger partial charge in [0.15, 0.2) is 0 Å². The van der Waals surface area contributed by atoms with Gasteiger partial charge >= 0.3 is 0 Å². The molecule has 0 unspecified atom stereocenters. The Labute approximate surface area is 62.5 Å². The summed E-state index contributed by atoms with van der Waals surface area (Å²) in [5, 5.41) is 0. The molecule has 0 bridgehead atoms. The van der Waals surface area contributed by atoms with Crippen LogP contribution >= 0.6 is 0 Å². The molecule has 0 saturated carbocycles. The molecular formula is C6H9F2NO2. The highest BCUT2D eigenvalue weighted by Crippen LogP contribution is 2.36. The first-order valence-corrected chi connectivity index (χ1v) is 3.17. The van der Waals surface area contributed by atoms with Crippen molar-refractivity contribution in [3.8, 4) is 0 Å². The zero-order valence-electron chi connectivity index (χ0n) is 6.06. The SMILES string of the molecule is C[C@]1(C(N)=O)CC(F)(F)CO1. The van der Waals surface area contributed by atoms with Gasteiger partial charge in [0.2, 0.25) is 5.91 Å². The van der Waals surface area contributed by atoms with Gasteiger partial charge in [-0.2, -0.15) is 0 Å². The van der Waals surface area contributed by atoms with Crippen LogP contribution in [0.2, 0.25) is 0 Å². The fourth-order valence-electron chi connectivity index (χ4n) is 1.02. The summed E-state index contributed by atoms with van der Waals surface area (Å²) < 4.78 is 29.5. The van der Waals surface area contributed by atoms with E-state index < -0.39 is 30.5 Å². The fraction of sp³-hybridized carbons (Fsp3) is 0.833. The molecule has 2 N–H and O–H groups in total. The predicted molar refractivity (Wildman–Crippen MR) is 33.1 cm³/mol. The summed E-state index contributed by atoms with van der Waals surface area (Å²) in [6, 6.07) is 0. The first-order chi connectivity index (χ1) is 4.86. The van der Waals surface area contributed by atoms with Crippen LogP contribution in [0.4, 0.5) is 8.78 Å². The Hall–Kier alpha value is -0.710. The molecule has 1 atom stereocenters. The smallest absolute Gasteiger partial charge is 0.274 e. The Balaban J connectivity index is 2.73. The lowest BCUT2D eigenvalue weighted by molar-refractivity contribution is -0.135. The summed E-state index contributed by atoms with van der Waals surface area (Å²) in [6.07, 6.45) is -0.616. The summed E-state index contributed by atoms with van der Waals surface area (Å²) in [5.41, 5.74) is 3.37. The van der Waals surface area contributed by atoms with Crippen LogP contribution < -0.4 is 5.73 Å². The molecule has 0 aliphatic carbocycles. The van der Waals surface area contributed by atoms with Gasteiger partial charge in [0.1, 0.15) is 12.2 Å². The summed E-state index contributed by atoms with van der Waals surface area (Å²) in [5.74, 6) is -3.75. The number of amides is 1. The number of ether oxygens (including phenoxy) is 1. The van der Waals surface area contributed by atoms with E-state index in [0.29, 0.717) is 0 Å². The van der Waals surface area contributed by atoms with E-state index in [1.54, 1.807) is 0 Å². The average Bonchev–Trinajstić information content (AvgIpc) is 2.08. The Morgan fingerprint density at radius 2 is 2.18 bits per heavy atom. The molecule has 0 aromatic heterocycles. The molecule has 1 aliphatic heterocycles. The molecule has 1 amide bonds. The number of hydrogen-bond acceptors (Lipinski definition) is 2. The van der Waals surface area contributed by atoms with Gasteiger partial charge in [-0.25, -0.2) is 8.78 Å². The van der Waals surface area contributed by atoms with E-state index >= 15 is 0 Å². The molecule has 1 fully saturated rings. The molecule has 64 valence electrons. The molecule has 1 aliphatic rings. The number of halogens is 2. The summed E-state index contributed by atoms with van der Waals surface area (Å²) in [7, 11) is 0. The monoisotopic (exact) mass is 165 g/mol. The molecule has 0 aromatic rings. The lowest BCUT2D eigenvalue weighted by Gasteiger charge is -2.17. The first kappa shape index (κ1) is 8.39. The maximum absolute atomic E-state index is 12.5. The second-order valence-corrected chi connectivity index (χ2v) is 2.92. The third-order valence-corrected chi connectivity index (χ3v) is 1.72. The van der Waals surface area contributed by atoms with E-state index in [9.17, 15) is 13.6 Å². The van der Waals surface area contributed by atoms with Crippen molar-refractivity contribution in [1.82, 2.24) is 0 Å². The third kappa shape index (κ3) is 1.48. The van der Waals surface area contributed by atoms with Crippen LogP contribution in [0, 0.1) is 0 Å². The van der Waals surface area contributed by atoms with E-state index in [1.165, 1.54) is 6.92 Å². The first-order valence-electron chi connectivity index (χ1n) is 3.17. The molecule has 1 rings (SSSR count). The average molecular weight is 165 g/mol. The zero-order chi connectivity index (χ0) is 8.70. The summed E-state index contributed by atoms with van der Waals surface area (Å²) in [4.78, 5) is 10.6. The molecule has 1 saturated heterocycles. The molecule has 0 radical (unpaired) electrons. The van der Waals surface area contributed by atoms with Crippen molar-refractivity contribution < 1.29 is 18.3 Å². The number of alkyl halides is 2. The minimum absolute atomic E-state index is 0.616. The van der Waals surface area contributed by atoms with Crippen LogP contribution in [0.25, 0.3) is 0 Å². The van der Waals surface area contributed by atoms with Crippen molar-refractivity contribution >= 4 is 5.91 Å². The fourth-order valence-corrected chi connectivity index (χ4v) is 1.02. The van der Waals surface area contributed by atoms with Gasteiger partial charge in [-0.15, -0.1) is 0 Å². The predicted octanol–water partition coefficient (Wildman–Crippen LogP) is 0.286. The van der Waals surface area contributed by atoms with Crippen LogP contribution in [-0.4, -0.2) is 24.0 Å². The summed E-state index contributed by atoms with van der Waals surface area (Å²) >= 11 is 0. The molecule has 11 heavy (non-hydrogen) atoms. The van der Waals surface area contributed by atoms with Gasteiger partial charge in [0.05, 0.1) is 6.42 Å². The van der Waals surface area contributed by atoms with Gasteiger partial charge < -0.3 is 10.5 Å². The van der Waals surface area contributed by atoms with Crippen molar-refractivity contribution in [3.63, 3.8) is 0 Å². The number of nitrogens with two attached hydrogens (primary N) is 1. The maximum atomic E-state index is 12.5. The molecule has 1 heterocycles. The topological polar surface area (TPSA) is 52.3 Å². The largest absolute Gasteiger partial charge is 0.367 e. The normalized spacial score (nSPS) is 35.5. The zero-order valence-corrected chi connectivity index (χ0v) is 6.06. The van der Waals surface area contributed by atoms with Gasteiger partial charge in [0, 0.05) is 0 Å². The van der Waals surface area contributed by atoms with E-state index in [4.69, 9.17) is 5.73 Å². The minimum Gasteiger partial charge on any atom is -0.367 e. The highest BCUT2D eigenvalue weighted by Gasteiger charge is 2.51. The molecule has 0 aromatic carbocycles. The molecular weight excluding hydrogens is 156 g/mol. The maximum Gasteiger partial charge on any atom is 0.274 e. The van der Waals surface area contributed by atoms with Crippen LogP contribution in [0.1, 0.15) is 13.3 Å². The van der Waals surface area contributed by atoms with Gasteiger partial charge in [-0.3, -0.25) is 4.79 Å². The Kier molecular flexibility index (Phi) is 1.63. The van der Waals surface area contributed by atoms with E-state index in [2.05, 4.69) is 4.74 Å². The van der Waals surface area contributed by atoms with Crippen molar-refractivity contribution in [2.45, 2.75) is 24.9 Å². The summed E-state index contributed by atoms with van der Waals surface area (Å²) in [6.45, 7) is 0.558. The van der Waals surface area contributed by atoms with E-state index in [1.807, 2.05) is 0 Å². The lowest BCUT2D eigenvalue weighted by Crippen LogP contribution is -2.41. The number of hydrogen-bond donors (Lipinski definition) is 1. The van der Waals surface area contributed by atoms with E-state index in [-0.39, 0.29) is 0 Å². The number of carbonyl (C=O) groups is 1. The lowest BCUT2D eigenvalue weighted by atomic mass is 10.0. The molecule has 0 spiro atoms. The van der Waals surface area contributed by atoms with Crippen molar-refractivity contribution in [1.29, 1.82) is 0 Å². The van der Waals surface area contributed by atoms with Crippen LogP contribution in [0.3, 0.4) is 0 Å². The van der Waals surface area contributed by atoms with Crippen LogP contribution in [0.5, 0.6) is 0 Å². The van der Waals surface area contributed by atoms with E-state index in [0.717, 1.165) is 0 Å². The van der Waals surface area contributed by atoms with Gasteiger partial charge in [-0.05, 0) is 6.92 Å². The van der Waals surface area contributed by atoms with Crippen LogP contribution in [0.15, 0.2) is 0 Å². The second kappa shape index (κ2) is 2.14. The number of rotatable bonds is 1. The molecule has 3 nitrogen and oxygen atoms in total. The second-order valence-electron chi connectivity index (χ2n) is 2.92. The Morgan fingerprint density at radius 3 is 2.36 bits per heavy atom. The van der Waals surface area contributed by atoms with Crippen molar-refractivity contribution in [2.75, 3.05) is 6.61 Å².